The summed E-state index contributed by atoms with van der Waals surface area (Å²) in [6.07, 6.45) is -4.90. The van der Waals surface area contributed by atoms with Gasteiger partial charge in [-0.3, -0.25) is 13.8 Å². The molecule has 232 valence electrons. The molecule has 0 spiro atoms. The van der Waals surface area contributed by atoms with Crippen molar-refractivity contribution in [3.8, 4) is 0 Å². The van der Waals surface area contributed by atoms with Gasteiger partial charge in [0.25, 0.3) is 20.0 Å². The van der Waals surface area contributed by atoms with Crippen molar-refractivity contribution >= 4 is 77.8 Å². The van der Waals surface area contributed by atoms with Gasteiger partial charge in [-0.15, -0.1) is 0 Å². The Bertz CT molecular complexity index is 1920. The second-order valence-corrected chi connectivity index (χ2v) is 14.0. The SMILES string of the molecule is Cc1ccc(S(=O)(=O)N(CC(=O)Nc2ccc(S(=O)(=O)Nc3cccc(Cl)c3Cl)cc2)c2ccc(Cl)c(C(F)(F)F)c2)cc1. The van der Waals surface area contributed by atoms with E-state index >= 15 is 0 Å². The van der Waals surface area contributed by atoms with Crippen molar-refractivity contribution in [2.45, 2.75) is 22.9 Å². The van der Waals surface area contributed by atoms with Crippen LogP contribution in [0.15, 0.2) is 94.7 Å². The Hall–Kier alpha value is -3.49. The van der Waals surface area contributed by atoms with Gasteiger partial charge in [0.15, 0.2) is 0 Å². The lowest BCUT2D eigenvalue weighted by Gasteiger charge is -2.25. The third kappa shape index (κ3) is 7.59. The lowest BCUT2D eigenvalue weighted by atomic mass is 10.2. The maximum absolute atomic E-state index is 13.6. The number of amides is 1. The van der Waals surface area contributed by atoms with E-state index in [1.54, 1.807) is 6.92 Å². The third-order valence-corrected chi connectivity index (χ3v) is 10.4. The van der Waals surface area contributed by atoms with Crippen molar-refractivity contribution in [3.63, 3.8) is 0 Å². The van der Waals surface area contributed by atoms with Gasteiger partial charge in [-0.1, -0.05) is 58.6 Å². The highest BCUT2D eigenvalue weighted by atomic mass is 35.5. The summed E-state index contributed by atoms with van der Waals surface area (Å²) in [6.45, 7) is 0.791. The molecule has 0 saturated carbocycles. The molecule has 0 aliphatic rings. The van der Waals surface area contributed by atoms with Gasteiger partial charge >= 0.3 is 6.18 Å². The van der Waals surface area contributed by atoms with E-state index in [0.717, 1.165) is 17.7 Å². The van der Waals surface area contributed by atoms with Crippen LogP contribution in [-0.2, 0) is 31.0 Å². The molecule has 0 atom stereocenters. The van der Waals surface area contributed by atoms with Gasteiger partial charge in [-0.2, -0.15) is 13.2 Å². The molecule has 16 heteroatoms. The van der Waals surface area contributed by atoms with Crippen LogP contribution in [0.3, 0.4) is 0 Å². The Morgan fingerprint density at radius 2 is 1.43 bits per heavy atom. The zero-order chi connectivity index (χ0) is 32.4. The van der Waals surface area contributed by atoms with Crippen LogP contribution < -0.4 is 14.3 Å². The lowest BCUT2D eigenvalue weighted by molar-refractivity contribution is -0.137. The molecule has 0 bridgehead atoms. The Kier molecular flexibility index (Phi) is 9.76. The molecule has 0 aromatic heterocycles. The molecule has 0 radical (unpaired) electrons. The van der Waals surface area contributed by atoms with Gasteiger partial charge in [0.1, 0.15) is 6.54 Å². The minimum atomic E-state index is -4.90. The summed E-state index contributed by atoms with van der Waals surface area (Å²) in [5.74, 6) is -0.927. The first-order chi connectivity index (χ1) is 20.5. The van der Waals surface area contributed by atoms with E-state index < -0.39 is 54.9 Å². The molecular weight excluding hydrogens is 686 g/mol. The Morgan fingerprint density at radius 3 is 2.05 bits per heavy atom. The minimum absolute atomic E-state index is 0.00480. The fraction of sp³-hybridized carbons (Fsp3) is 0.107. The van der Waals surface area contributed by atoms with Crippen LogP contribution in [0.5, 0.6) is 0 Å². The first-order valence-electron chi connectivity index (χ1n) is 12.3. The number of carbonyl (C=O) groups is 1. The standard InChI is InChI=1S/C28H21Cl3F3N3O5S2/c1-17-5-10-21(11-6-17)44(41,42)37(19-9-14-23(29)22(15-19)28(32,33)34)16-26(38)35-18-7-12-20(13-8-18)43(39,40)36-25-4-2-3-24(30)27(25)31/h2-15,36H,16H2,1H3,(H,35,38). The van der Waals surface area contributed by atoms with Crippen LogP contribution in [0.25, 0.3) is 0 Å². The highest BCUT2D eigenvalue weighted by molar-refractivity contribution is 7.93. The minimum Gasteiger partial charge on any atom is -0.325 e. The molecule has 0 unspecified atom stereocenters. The maximum atomic E-state index is 13.6. The summed E-state index contributed by atoms with van der Waals surface area (Å²) in [7, 11) is -8.66. The zero-order valence-corrected chi connectivity index (χ0v) is 26.3. The maximum Gasteiger partial charge on any atom is 0.417 e. The number of hydrogen-bond acceptors (Lipinski definition) is 5. The van der Waals surface area contributed by atoms with Crippen LogP contribution >= 0.6 is 34.8 Å². The molecule has 4 rings (SSSR count). The first kappa shape index (κ1) is 33.4. The van der Waals surface area contributed by atoms with Crippen LogP contribution in [0.2, 0.25) is 15.1 Å². The highest BCUT2D eigenvalue weighted by Crippen LogP contribution is 2.38. The van der Waals surface area contributed by atoms with E-state index in [4.69, 9.17) is 34.8 Å². The second kappa shape index (κ2) is 12.9. The molecule has 44 heavy (non-hydrogen) atoms. The largest absolute Gasteiger partial charge is 0.417 e. The van der Waals surface area contributed by atoms with Crippen LogP contribution in [0, 0.1) is 6.92 Å². The average Bonchev–Trinajstić information content (AvgIpc) is 2.94. The van der Waals surface area contributed by atoms with Crippen LogP contribution in [-0.4, -0.2) is 29.3 Å². The summed E-state index contributed by atoms with van der Waals surface area (Å²) in [6, 6.07) is 17.2. The molecule has 0 aliphatic carbocycles. The van der Waals surface area contributed by atoms with E-state index in [1.807, 2.05) is 0 Å². The van der Waals surface area contributed by atoms with Crippen LogP contribution in [0.1, 0.15) is 11.1 Å². The van der Waals surface area contributed by atoms with Crippen molar-refractivity contribution in [1.82, 2.24) is 0 Å². The molecule has 0 aliphatic heterocycles. The van der Waals surface area contributed by atoms with Gasteiger partial charge in [0, 0.05) is 5.69 Å². The van der Waals surface area contributed by atoms with Gasteiger partial charge in [-0.05, 0) is 73.7 Å². The van der Waals surface area contributed by atoms with Crippen molar-refractivity contribution in [1.29, 1.82) is 0 Å². The molecular formula is C28H21Cl3F3N3O5S2. The van der Waals surface area contributed by atoms with E-state index in [-0.39, 0.29) is 31.2 Å². The molecule has 2 N–H and O–H groups in total. The Balaban J connectivity index is 1.60. The summed E-state index contributed by atoms with van der Waals surface area (Å²) in [5, 5.41) is 1.91. The molecule has 8 nitrogen and oxygen atoms in total. The summed E-state index contributed by atoms with van der Waals surface area (Å²) >= 11 is 17.7. The molecule has 0 fully saturated rings. The van der Waals surface area contributed by atoms with Crippen molar-refractivity contribution in [2.24, 2.45) is 0 Å². The fourth-order valence-electron chi connectivity index (χ4n) is 3.87. The van der Waals surface area contributed by atoms with Gasteiger partial charge in [0.05, 0.1) is 41.8 Å². The van der Waals surface area contributed by atoms with E-state index in [9.17, 15) is 34.8 Å². The number of nitrogens with one attached hydrogen (secondary N) is 2. The highest BCUT2D eigenvalue weighted by Gasteiger charge is 2.35. The summed E-state index contributed by atoms with van der Waals surface area (Å²) in [4.78, 5) is 12.6. The molecule has 4 aromatic rings. The topological polar surface area (TPSA) is 113 Å². The summed E-state index contributed by atoms with van der Waals surface area (Å²) in [5.41, 5.74) is -0.887. The Labute approximate surface area is 266 Å². The predicted molar refractivity (Wildman–Crippen MR) is 165 cm³/mol. The van der Waals surface area contributed by atoms with Gasteiger partial charge in [0.2, 0.25) is 5.91 Å². The molecule has 0 saturated heterocycles. The molecule has 0 heterocycles. The average molecular weight is 707 g/mol. The van der Waals surface area contributed by atoms with Gasteiger partial charge < -0.3 is 5.32 Å². The smallest absolute Gasteiger partial charge is 0.325 e. The van der Waals surface area contributed by atoms with Crippen molar-refractivity contribution in [3.05, 3.63) is 111 Å². The normalized spacial score (nSPS) is 12.1. The molecule has 4 aromatic carbocycles. The predicted octanol–water partition coefficient (Wildman–Crippen LogP) is 7.61. The number of halogens is 6. The first-order valence-corrected chi connectivity index (χ1v) is 16.4. The fourth-order valence-corrected chi connectivity index (χ4v) is 6.99. The zero-order valence-electron chi connectivity index (χ0n) is 22.4. The number of alkyl halides is 3. The number of benzene rings is 4. The number of carbonyl (C=O) groups excluding carboxylic acids is 1. The number of sulfonamides is 2. The van der Waals surface area contributed by atoms with E-state index in [0.29, 0.717) is 10.4 Å². The summed E-state index contributed by atoms with van der Waals surface area (Å²) < 4.78 is 96.4. The monoisotopic (exact) mass is 705 g/mol. The quantitative estimate of drug-likeness (QED) is 0.186. The van der Waals surface area contributed by atoms with Crippen molar-refractivity contribution < 1.29 is 34.8 Å². The molecule has 1 amide bonds. The number of aryl methyl sites for hydroxylation is 1. The Morgan fingerprint density at radius 1 is 0.818 bits per heavy atom. The van der Waals surface area contributed by atoms with E-state index in [2.05, 4.69) is 10.0 Å². The van der Waals surface area contributed by atoms with E-state index in [1.165, 1.54) is 66.7 Å². The number of nitrogens with zero attached hydrogens (tertiary/aromatic N) is 1. The number of rotatable bonds is 9. The number of hydrogen-bond donors (Lipinski definition) is 2. The van der Waals surface area contributed by atoms with Gasteiger partial charge in [-0.25, -0.2) is 16.8 Å². The van der Waals surface area contributed by atoms with Crippen LogP contribution in [0.4, 0.5) is 30.2 Å². The van der Waals surface area contributed by atoms with Crippen molar-refractivity contribution in [2.75, 3.05) is 20.9 Å². The third-order valence-electron chi connectivity index (χ3n) is 6.08. The number of anilines is 3. The lowest BCUT2D eigenvalue weighted by Crippen LogP contribution is -2.38. The second-order valence-electron chi connectivity index (χ2n) is 9.27.